The Hall–Kier alpha value is -0.810. The molecule has 1 saturated heterocycles. The molecular weight excluding hydrogens is 448 g/mol. The highest BCUT2D eigenvalue weighted by molar-refractivity contribution is 14.1. The molecule has 3 heterocycles. The summed E-state index contributed by atoms with van der Waals surface area (Å²) < 4.78 is 18.8. The van der Waals surface area contributed by atoms with E-state index in [0.717, 1.165) is 24.1 Å². The number of fused-ring (bicyclic) bond motifs is 1. The van der Waals surface area contributed by atoms with Crippen molar-refractivity contribution in [1.82, 2.24) is 19.5 Å². The zero-order valence-corrected chi connectivity index (χ0v) is 15.7. The van der Waals surface area contributed by atoms with Gasteiger partial charge in [-0.05, 0) is 19.3 Å². The van der Waals surface area contributed by atoms with Crippen LogP contribution in [0, 0.1) is 0 Å². The van der Waals surface area contributed by atoms with Gasteiger partial charge in [0.2, 0.25) is 5.95 Å². The second kappa shape index (κ2) is 5.87. The van der Waals surface area contributed by atoms with Gasteiger partial charge in [0.05, 0.1) is 24.7 Å². The van der Waals surface area contributed by atoms with Gasteiger partial charge in [0, 0.05) is 9.84 Å². The quantitative estimate of drug-likeness (QED) is 0.350. The van der Waals surface area contributed by atoms with Crippen LogP contribution in [0.1, 0.15) is 30.9 Å². The fourth-order valence-electron chi connectivity index (χ4n) is 3.01. The summed E-state index contributed by atoms with van der Waals surface area (Å²) in [7, 11) is -4.24. The molecule has 11 heteroatoms. The topological polar surface area (TPSA) is 136 Å². The first kappa shape index (κ1) is 16.6. The van der Waals surface area contributed by atoms with Crippen LogP contribution in [0.5, 0.6) is 0 Å². The molecule has 130 valence electrons. The summed E-state index contributed by atoms with van der Waals surface area (Å²) in [4.78, 5) is 31.7. The first-order valence-corrected chi connectivity index (χ1v) is 10.6. The lowest BCUT2D eigenvalue weighted by molar-refractivity contribution is 0.0646. The molecule has 1 aliphatic heterocycles. The highest BCUT2D eigenvalue weighted by Gasteiger charge is 2.43. The maximum absolute atomic E-state index is 11.4. The molecular formula is C13H17IN5O4P. The fourth-order valence-corrected chi connectivity index (χ4v) is 5.09. The van der Waals surface area contributed by atoms with Crippen LogP contribution in [0.4, 0.5) is 5.95 Å². The molecule has 0 amide bonds. The number of hydrogen-bond acceptors (Lipinski definition) is 6. The van der Waals surface area contributed by atoms with Crippen molar-refractivity contribution in [2.75, 3.05) is 5.73 Å². The van der Waals surface area contributed by atoms with Gasteiger partial charge in [-0.2, -0.15) is 4.98 Å². The molecule has 4 N–H and O–H groups in total. The molecule has 2 aromatic rings. The number of nitrogens with two attached hydrogens (primary N) is 1. The van der Waals surface area contributed by atoms with Gasteiger partial charge in [0.25, 0.3) is 0 Å². The van der Waals surface area contributed by atoms with Crippen molar-refractivity contribution in [2.45, 2.75) is 47.6 Å². The van der Waals surface area contributed by atoms with Crippen molar-refractivity contribution in [3.8, 4) is 0 Å². The van der Waals surface area contributed by atoms with Crippen LogP contribution >= 0.6 is 30.2 Å². The van der Waals surface area contributed by atoms with Gasteiger partial charge >= 0.3 is 7.60 Å². The Bertz CT molecular complexity index is 835. The van der Waals surface area contributed by atoms with E-state index in [-0.39, 0.29) is 16.0 Å². The second-order valence-electron chi connectivity index (χ2n) is 6.28. The molecule has 0 unspecified atom stereocenters. The van der Waals surface area contributed by atoms with Gasteiger partial charge in [-0.3, -0.25) is 4.57 Å². The minimum atomic E-state index is -4.24. The molecule has 2 fully saturated rings. The summed E-state index contributed by atoms with van der Waals surface area (Å²) in [5.41, 5.74) is 8.13. The maximum atomic E-state index is 11.4. The zero-order valence-electron chi connectivity index (χ0n) is 12.6. The van der Waals surface area contributed by atoms with Crippen LogP contribution in [-0.2, 0) is 15.8 Å². The molecule has 0 aromatic carbocycles. The molecule has 0 spiro atoms. The molecule has 0 bridgehead atoms. The minimum absolute atomic E-state index is 0.000221. The Balaban J connectivity index is 1.62. The van der Waals surface area contributed by atoms with E-state index in [1.165, 1.54) is 0 Å². The number of anilines is 1. The first-order chi connectivity index (χ1) is 11.3. The van der Waals surface area contributed by atoms with Crippen LogP contribution in [0.15, 0.2) is 6.33 Å². The third-order valence-corrected chi connectivity index (χ3v) is 6.78. The number of imidazole rings is 1. The third kappa shape index (κ3) is 3.05. The average Bonchev–Trinajstić information content (AvgIpc) is 3.17. The molecule has 9 nitrogen and oxygen atoms in total. The number of halogens is 1. The highest BCUT2D eigenvalue weighted by Crippen LogP contribution is 2.49. The Labute approximate surface area is 151 Å². The zero-order chi connectivity index (χ0) is 17.1. The number of hydrogen-bond donors (Lipinski definition) is 3. The van der Waals surface area contributed by atoms with E-state index in [4.69, 9.17) is 10.5 Å². The average molecular weight is 465 g/mol. The van der Waals surface area contributed by atoms with Gasteiger partial charge in [-0.1, -0.05) is 22.6 Å². The van der Waals surface area contributed by atoms with Crippen LogP contribution in [0.25, 0.3) is 11.2 Å². The van der Waals surface area contributed by atoms with Crippen molar-refractivity contribution >= 4 is 47.3 Å². The van der Waals surface area contributed by atoms with E-state index in [1.807, 2.05) is 4.57 Å². The lowest BCUT2D eigenvalue weighted by Gasteiger charge is -2.16. The van der Waals surface area contributed by atoms with Crippen LogP contribution in [0.3, 0.4) is 0 Å². The second-order valence-corrected chi connectivity index (χ2v) is 9.63. The normalized spacial score (nSPS) is 27.9. The number of alkyl halides is 1. The first-order valence-electron chi connectivity index (χ1n) is 7.66. The third-order valence-electron chi connectivity index (χ3n) is 4.39. The Morgan fingerprint density at radius 1 is 1.42 bits per heavy atom. The van der Waals surface area contributed by atoms with E-state index in [2.05, 4.69) is 37.5 Å². The smallest absolute Gasteiger partial charge is 0.354 e. The van der Waals surface area contributed by atoms with Crippen LogP contribution in [0.2, 0.25) is 0 Å². The van der Waals surface area contributed by atoms with Gasteiger partial charge < -0.3 is 24.8 Å². The summed E-state index contributed by atoms with van der Waals surface area (Å²) in [6.07, 6.45) is 3.85. The standard InChI is InChI=1S/C13H17IN5O4P/c14-7-3-9(24(20,21)22)23-8(7)4-19-5-16-11-10(6-1-2-6)17-13(15)18-12(11)19/h5-9H,1-4H2,(H2,15,17,18)(H2,20,21,22)/t7-,8-,9-/m1/s1. The lowest BCUT2D eigenvalue weighted by Crippen LogP contribution is -2.23. The summed E-state index contributed by atoms with van der Waals surface area (Å²) in [5, 5.41) is 0. The van der Waals surface area contributed by atoms with Crippen molar-refractivity contribution < 1.29 is 19.1 Å². The lowest BCUT2D eigenvalue weighted by atomic mass is 10.2. The van der Waals surface area contributed by atoms with Gasteiger partial charge in [0.15, 0.2) is 11.5 Å². The van der Waals surface area contributed by atoms with E-state index < -0.39 is 13.4 Å². The highest BCUT2D eigenvalue weighted by atomic mass is 127. The largest absolute Gasteiger partial charge is 0.368 e. The molecule has 2 aromatic heterocycles. The SMILES string of the molecule is Nc1nc(C2CC2)c2ncn(C[C@H]3O[C@H](P(=O)(O)O)C[C@H]3I)c2n1. The summed E-state index contributed by atoms with van der Waals surface area (Å²) >= 11 is 2.17. The van der Waals surface area contributed by atoms with Crippen molar-refractivity contribution in [3.63, 3.8) is 0 Å². The van der Waals surface area contributed by atoms with Crippen LogP contribution < -0.4 is 5.73 Å². The number of aromatic nitrogens is 4. The number of nitrogens with zero attached hydrogens (tertiary/aromatic N) is 4. The van der Waals surface area contributed by atoms with Gasteiger partial charge in [0.1, 0.15) is 5.52 Å². The molecule has 4 rings (SSSR count). The maximum Gasteiger partial charge on any atom is 0.354 e. The molecule has 24 heavy (non-hydrogen) atoms. The van der Waals surface area contributed by atoms with Crippen LogP contribution in [-0.4, -0.2) is 45.2 Å². The van der Waals surface area contributed by atoms with E-state index in [1.54, 1.807) is 6.33 Å². The van der Waals surface area contributed by atoms with Gasteiger partial charge in [-0.25, -0.2) is 9.97 Å². The van der Waals surface area contributed by atoms with Crippen molar-refractivity contribution in [2.24, 2.45) is 0 Å². The number of ether oxygens (including phenoxy) is 1. The number of nitrogen functional groups attached to an aromatic ring is 1. The number of rotatable bonds is 4. The van der Waals surface area contributed by atoms with Gasteiger partial charge in [-0.15, -0.1) is 0 Å². The Kier molecular flexibility index (Phi) is 4.07. The van der Waals surface area contributed by atoms with Crippen molar-refractivity contribution in [1.29, 1.82) is 0 Å². The van der Waals surface area contributed by atoms with E-state index in [9.17, 15) is 14.4 Å². The summed E-state index contributed by atoms with van der Waals surface area (Å²) in [6, 6.07) is 0. The summed E-state index contributed by atoms with van der Waals surface area (Å²) in [5.74, 6) is -0.418. The molecule has 2 aliphatic rings. The predicted octanol–water partition coefficient (Wildman–Crippen LogP) is 1.38. The summed E-state index contributed by atoms with van der Waals surface area (Å²) in [6.45, 7) is 0.418. The molecule has 3 atom stereocenters. The van der Waals surface area contributed by atoms with E-state index >= 15 is 0 Å². The Morgan fingerprint density at radius 3 is 2.79 bits per heavy atom. The monoisotopic (exact) mass is 465 g/mol. The Morgan fingerprint density at radius 2 is 2.17 bits per heavy atom. The molecule has 0 radical (unpaired) electrons. The van der Waals surface area contributed by atoms with E-state index in [0.29, 0.717) is 24.5 Å². The fraction of sp³-hybridized carbons (Fsp3) is 0.615. The molecule has 1 aliphatic carbocycles. The van der Waals surface area contributed by atoms with Crippen molar-refractivity contribution in [3.05, 3.63) is 12.0 Å². The predicted molar refractivity (Wildman–Crippen MR) is 94.8 cm³/mol. The minimum Gasteiger partial charge on any atom is -0.368 e. The molecule has 1 saturated carbocycles.